The van der Waals surface area contributed by atoms with E-state index in [1.807, 2.05) is 24.3 Å². The number of hydrogen-bond donors (Lipinski definition) is 1. The molecule has 2 aromatic rings. The highest BCUT2D eigenvalue weighted by Crippen LogP contribution is 2.22. The van der Waals surface area contributed by atoms with E-state index in [1.165, 1.54) is 11.6 Å². The minimum atomic E-state index is -0.137. The predicted octanol–water partition coefficient (Wildman–Crippen LogP) is 4.48. The lowest BCUT2D eigenvalue weighted by Gasteiger charge is -2.19. The molecule has 2 rings (SSSR count). The van der Waals surface area contributed by atoms with Crippen molar-refractivity contribution in [2.75, 3.05) is 6.54 Å². The minimum Gasteiger partial charge on any atom is -0.310 e. The molecule has 0 amide bonds. The third-order valence-corrected chi connectivity index (χ3v) is 3.63. The van der Waals surface area contributed by atoms with Crippen molar-refractivity contribution in [3.63, 3.8) is 0 Å². The van der Waals surface area contributed by atoms with E-state index >= 15 is 0 Å². The van der Waals surface area contributed by atoms with E-state index in [0.717, 1.165) is 16.6 Å². The molecule has 0 aliphatic carbocycles. The van der Waals surface area contributed by atoms with Gasteiger partial charge in [0.05, 0.1) is 0 Å². The second kappa shape index (κ2) is 6.83. The summed E-state index contributed by atoms with van der Waals surface area (Å²) in [6.45, 7) is 2.92. The van der Waals surface area contributed by atoms with E-state index in [2.05, 4.69) is 40.3 Å². The Balaban J connectivity index is 2.21. The van der Waals surface area contributed by atoms with Crippen LogP contribution in [-0.4, -0.2) is 6.54 Å². The molecule has 100 valence electrons. The van der Waals surface area contributed by atoms with Crippen molar-refractivity contribution in [1.29, 1.82) is 0 Å². The van der Waals surface area contributed by atoms with Crippen molar-refractivity contribution < 1.29 is 4.39 Å². The number of hydrogen-bond acceptors (Lipinski definition) is 1. The Labute approximate surface area is 122 Å². The Hall–Kier alpha value is -1.19. The summed E-state index contributed by atoms with van der Waals surface area (Å²) in [6.07, 6.45) is 0.655. The van der Waals surface area contributed by atoms with Gasteiger partial charge in [0, 0.05) is 10.5 Å². The Kier molecular flexibility index (Phi) is 5.11. The van der Waals surface area contributed by atoms with E-state index in [0.29, 0.717) is 6.42 Å². The maximum absolute atomic E-state index is 13.7. The average Bonchev–Trinajstić information content (AvgIpc) is 2.42. The first-order valence-electron chi connectivity index (χ1n) is 6.43. The molecule has 3 heteroatoms. The molecule has 19 heavy (non-hydrogen) atoms. The lowest BCUT2D eigenvalue weighted by molar-refractivity contribution is 0.528. The highest BCUT2D eigenvalue weighted by atomic mass is 79.9. The number of nitrogens with one attached hydrogen (secondary N) is 1. The van der Waals surface area contributed by atoms with Crippen LogP contribution in [0.5, 0.6) is 0 Å². The van der Waals surface area contributed by atoms with Crippen LogP contribution in [0.25, 0.3) is 0 Å². The van der Waals surface area contributed by atoms with Crippen molar-refractivity contribution in [2.24, 2.45) is 0 Å². The Morgan fingerprint density at radius 2 is 1.79 bits per heavy atom. The standard InChI is InChI=1S/C16H17BrFN/c1-2-19-16(12-7-9-14(17)10-8-12)11-13-5-3-4-6-15(13)18/h3-10,16,19H,2,11H2,1H3. The van der Waals surface area contributed by atoms with Crippen LogP contribution in [0.3, 0.4) is 0 Å². The molecule has 2 aromatic carbocycles. The molecule has 1 N–H and O–H groups in total. The van der Waals surface area contributed by atoms with Gasteiger partial charge in [-0.1, -0.05) is 53.2 Å². The van der Waals surface area contributed by atoms with Crippen LogP contribution >= 0.6 is 15.9 Å². The Morgan fingerprint density at radius 3 is 2.42 bits per heavy atom. The number of benzene rings is 2. The van der Waals surface area contributed by atoms with Crippen LogP contribution in [0.2, 0.25) is 0 Å². The van der Waals surface area contributed by atoms with Crippen molar-refractivity contribution in [3.8, 4) is 0 Å². The van der Waals surface area contributed by atoms with Gasteiger partial charge in [0.15, 0.2) is 0 Å². The van der Waals surface area contributed by atoms with Crippen LogP contribution in [0, 0.1) is 5.82 Å². The fourth-order valence-electron chi connectivity index (χ4n) is 2.13. The highest BCUT2D eigenvalue weighted by Gasteiger charge is 2.13. The smallest absolute Gasteiger partial charge is 0.126 e. The first-order valence-corrected chi connectivity index (χ1v) is 7.22. The molecule has 0 spiro atoms. The van der Waals surface area contributed by atoms with E-state index in [1.54, 1.807) is 6.07 Å². The predicted molar refractivity (Wildman–Crippen MR) is 80.7 cm³/mol. The van der Waals surface area contributed by atoms with Gasteiger partial charge in [-0.2, -0.15) is 0 Å². The number of likely N-dealkylation sites (N-methyl/N-ethyl adjacent to an activating group) is 1. The second-order valence-corrected chi connectivity index (χ2v) is 5.37. The molecule has 1 atom stereocenters. The van der Waals surface area contributed by atoms with Crippen LogP contribution in [0.15, 0.2) is 53.0 Å². The molecule has 0 aliphatic heterocycles. The van der Waals surface area contributed by atoms with Gasteiger partial charge < -0.3 is 5.32 Å². The lowest BCUT2D eigenvalue weighted by Crippen LogP contribution is -2.23. The van der Waals surface area contributed by atoms with E-state index in [-0.39, 0.29) is 11.9 Å². The van der Waals surface area contributed by atoms with E-state index < -0.39 is 0 Å². The SMILES string of the molecule is CCNC(Cc1ccccc1F)c1ccc(Br)cc1. The van der Waals surface area contributed by atoms with Gasteiger partial charge in [-0.15, -0.1) is 0 Å². The monoisotopic (exact) mass is 321 g/mol. The van der Waals surface area contributed by atoms with E-state index in [4.69, 9.17) is 0 Å². The summed E-state index contributed by atoms with van der Waals surface area (Å²) in [6, 6.07) is 15.3. The lowest BCUT2D eigenvalue weighted by atomic mass is 9.98. The summed E-state index contributed by atoms with van der Waals surface area (Å²) >= 11 is 3.43. The zero-order valence-electron chi connectivity index (χ0n) is 10.9. The molecule has 0 aliphatic rings. The van der Waals surface area contributed by atoms with Gasteiger partial charge in [0.1, 0.15) is 5.82 Å². The topological polar surface area (TPSA) is 12.0 Å². The second-order valence-electron chi connectivity index (χ2n) is 4.46. The van der Waals surface area contributed by atoms with Gasteiger partial charge in [0.2, 0.25) is 0 Å². The molecular weight excluding hydrogens is 305 g/mol. The first kappa shape index (κ1) is 14.2. The zero-order valence-corrected chi connectivity index (χ0v) is 12.5. The minimum absolute atomic E-state index is 0.134. The Bertz CT molecular complexity index is 525. The summed E-state index contributed by atoms with van der Waals surface area (Å²) in [5, 5.41) is 3.41. The first-order chi connectivity index (χ1) is 9.20. The number of rotatable bonds is 5. The molecule has 1 nitrogen and oxygen atoms in total. The molecule has 0 bridgehead atoms. The van der Waals surface area contributed by atoms with Crippen LogP contribution in [0.4, 0.5) is 4.39 Å². The molecule has 0 heterocycles. The van der Waals surface area contributed by atoms with Crippen molar-refractivity contribution in [2.45, 2.75) is 19.4 Å². The maximum atomic E-state index is 13.7. The third kappa shape index (κ3) is 3.88. The molecule has 0 fully saturated rings. The van der Waals surface area contributed by atoms with Crippen molar-refractivity contribution >= 4 is 15.9 Å². The van der Waals surface area contributed by atoms with Crippen molar-refractivity contribution in [1.82, 2.24) is 5.32 Å². The fourth-order valence-corrected chi connectivity index (χ4v) is 2.40. The quantitative estimate of drug-likeness (QED) is 0.856. The summed E-state index contributed by atoms with van der Waals surface area (Å²) in [4.78, 5) is 0. The van der Waals surface area contributed by atoms with E-state index in [9.17, 15) is 4.39 Å². The van der Waals surface area contributed by atoms with Gasteiger partial charge in [-0.05, 0) is 42.3 Å². The third-order valence-electron chi connectivity index (χ3n) is 3.10. The maximum Gasteiger partial charge on any atom is 0.126 e. The van der Waals surface area contributed by atoms with Gasteiger partial charge in [0.25, 0.3) is 0 Å². The van der Waals surface area contributed by atoms with Crippen LogP contribution in [0.1, 0.15) is 24.1 Å². The molecule has 0 radical (unpaired) electrons. The number of halogens is 2. The molecule has 1 unspecified atom stereocenters. The largest absolute Gasteiger partial charge is 0.310 e. The Morgan fingerprint density at radius 1 is 1.11 bits per heavy atom. The highest BCUT2D eigenvalue weighted by molar-refractivity contribution is 9.10. The van der Waals surface area contributed by atoms with Crippen molar-refractivity contribution in [3.05, 3.63) is 69.9 Å². The zero-order chi connectivity index (χ0) is 13.7. The van der Waals surface area contributed by atoms with Gasteiger partial charge >= 0.3 is 0 Å². The molecule has 0 saturated heterocycles. The summed E-state index contributed by atoms with van der Waals surface area (Å²) in [5.41, 5.74) is 1.92. The van der Waals surface area contributed by atoms with Crippen LogP contribution in [-0.2, 0) is 6.42 Å². The summed E-state index contributed by atoms with van der Waals surface area (Å²) in [5.74, 6) is -0.137. The molecular formula is C16H17BrFN. The molecule has 0 saturated carbocycles. The average molecular weight is 322 g/mol. The van der Waals surface area contributed by atoms with Crippen LogP contribution < -0.4 is 5.32 Å². The summed E-state index contributed by atoms with van der Waals surface area (Å²) < 4.78 is 14.8. The molecule has 0 aromatic heterocycles. The van der Waals surface area contributed by atoms with Gasteiger partial charge in [-0.3, -0.25) is 0 Å². The normalized spacial score (nSPS) is 12.4. The fraction of sp³-hybridized carbons (Fsp3) is 0.250. The summed E-state index contributed by atoms with van der Waals surface area (Å²) in [7, 11) is 0. The van der Waals surface area contributed by atoms with Gasteiger partial charge in [-0.25, -0.2) is 4.39 Å².